The number of likely N-dealkylation sites (tertiary alicyclic amines) is 1. The number of likely N-dealkylation sites (N-methyl/N-ethyl adjacent to an activating group) is 1. The van der Waals surface area contributed by atoms with Crippen LogP contribution in [0.3, 0.4) is 0 Å². The van der Waals surface area contributed by atoms with Gasteiger partial charge in [-0.15, -0.1) is 0 Å². The van der Waals surface area contributed by atoms with Gasteiger partial charge in [-0.05, 0) is 70.4 Å². The molecule has 1 atom stereocenters. The van der Waals surface area contributed by atoms with Crippen molar-refractivity contribution in [2.45, 2.75) is 109 Å². The topological polar surface area (TPSA) is 78.0 Å². The molecule has 174 valence electrons. The first kappa shape index (κ1) is 22.6. The molecule has 3 aliphatic rings. The van der Waals surface area contributed by atoms with E-state index in [1.165, 1.54) is 83.6 Å². The standard InChI is InChI=1S/C24H43N7/c1-3-31-16-8-11-21(31)17-25-22-28-23(26-19-9-6-4-5-7-10-19)30-24(29-22)27-20-14-12-18(2)13-15-20/h18-21H,3-17H2,1-2H3,(H3,25,26,27,28,29,30). The molecule has 1 aromatic rings. The summed E-state index contributed by atoms with van der Waals surface area (Å²) in [5.74, 6) is 3.01. The van der Waals surface area contributed by atoms with Crippen LogP contribution in [0.25, 0.3) is 0 Å². The predicted molar refractivity (Wildman–Crippen MR) is 129 cm³/mol. The van der Waals surface area contributed by atoms with Crippen molar-refractivity contribution < 1.29 is 0 Å². The van der Waals surface area contributed by atoms with Gasteiger partial charge in [0.15, 0.2) is 0 Å². The summed E-state index contributed by atoms with van der Waals surface area (Å²) in [7, 11) is 0. The number of rotatable bonds is 8. The van der Waals surface area contributed by atoms with Gasteiger partial charge in [0.2, 0.25) is 17.8 Å². The van der Waals surface area contributed by atoms with Crippen LogP contribution in [0.5, 0.6) is 0 Å². The van der Waals surface area contributed by atoms with E-state index < -0.39 is 0 Å². The molecule has 2 heterocycles. The van der Waals surface area contributed by atoms with E-state index in [4.69, 9.17) is 15.0 Å². The highest BCUT2D eigenvalue weighted by Gasteiger charge is 2.24. The third-order valence-corrected chi connectivity index (χ3v) is 7.57. The highest BCUT2D eigenvalue weighted by molar-refractivity contribution is 5.43. The largest absolute Gasteiger partial charge is 0.352 e. The molecule has 0 radical (unpaired) electrons. The Balaban J connectivity index is 1.44. The molecule has 1 saturated heterocycles. The van der Waals surface area contributed by atoms with Crippen LogP contribution in [0.2, 0.25) is 0 Å². The van der Waals surface area contributed by atoms with Crippen LogP contribution in [0.4, 0.5) is 17.8 Å². The molecule has 0 spiro atoms. The molecule has 31 heavy (non-hydrogen) atoms. The number of aromatic nitrogens is 3. The zero-order valence-corrected chi connectivity index (χ0v) is 19.7. The zero-order chi connectivity index (χ0) is 21.5. The van der Waals surface area contributed by atoms with Crippen molar-refractivity contribution in [1.29, 1.82) is 0 Å². The van der Waals surface area contributed by atoms with E-state index in [1.54, 1.807) is 0 Å². The van der Waals surface area contributed by atoms with Crippen molar-refractivity contribution >= 4 is 17.8 Å². The van der Waals surface area contributed by atoms with Gasteiger partial charge in [0, 0.05) is 24.7 Å². The molecule has 3 fully saturated rings. The summed E-state index contributed by atoms with van der Waals surface area (Å²) in [6, 6.07) is 1.53. The van der Waals surface area contributed by atoms with Crippen molar-refractivity contribution in [2.75, 3.05) is 35.6 Å². The van der Waals surface area contributed by atoms with Crippen molar-refractivity contribution in [3.05, 3.63) is 0 Å². The van der Waals surface area contributed by atoms with Gasteiger partial charge in [0.25, 0.3) is 0 Å². The van der Waals surface area contributed by atoms with Crippen LogP contribution in [0.1, 0.15) is 90.9 Å². The molecule has 0 amide bonds. The number of anilines is 3. The van der Waals surface area contributed by atoms with Crippen LogP contribution >= 0.6 is 0 Å². The predicted octanol–water partition coefficient (Wildman–Crippen LogP) is 4.89. The fourth-order valence-electron chi connectivity index (χ4n) is 5.53. The van der Waals surface area contributed by atoms with E-state index in [9.17, 15) is 0 Å². The smallest absolute Gasteiger partial charge is 0.229 e. The summed E-state index contributed by atoms with van der Waals surface area (Å²) < 4.78 is 0. The third kappa shape index (κ3) is 6.67. The van der Waals surface area contributed by atoms with E-state index in [0.717, 1.165) is 30.9 Å². The minimum Gasteiger partial charge on any atom is -0.352 e. The van der Waals surface area contributed by atoms with Gasteiger partial charge in [-0.1, -0.05) is 39.5 Å². The monoisotopic (exact) mass is 429 g/mol. The van der Waals surface area contributed by atoms with Gasteiger partial charge in [-0.3, -0.25) is 4.90 Å². The van der Waals surface area contributed by atoms with Gasteiger partial charge in [-0.2, -0.15) is 15.0 Å². The van der Waals surface area contributed by atoms with E-state index in [-0.39, 0.29) is 0 Å². The van der Waals surface area contributed by atoms with E-state index >= 15 is 0 Å². The van der Waals surface area contributed by atoms with Crippen molar-refractivity contribution in [2.24, 2.45) is 5.92 Å². The SMILES string of the molecule is CCN1CCCC1CNc1nc(NC2CCCCCC2)nc(NC2CCC(C)CC2)n1. The second-order valence-electron chi connectivity index (χ2n) is 10.0. The zero-order valence-electron chi connectivity index (χ0n) is 19.7. The van der Waals surface area contributed by atoms with Crippen LogP contribution in [-0.4, -0.2) is 57.6 Å². The molecule has 1 aliphatic heterocycles. The minimum atomic E-state index is 0.475. The summed E-state index contributed by atoms with van der Waals surface area (Å²) in [4.78, 5) is 16.9. The summed E-state index contributed by atoms with van der Waals surface area (Å²) in [6.07, 6.45) is 15.3. The average Bonchev–Trinajstić information content (AvgIpc) is 3.08. The highest BCUT2D eigenvalue weighted by atomic mass is 15.3. The first-order chi connectivity index (χ1) is 15.2. The third-order valence-electron chi connectivity index (χ3n) is 7.57. The maximum atomic E-state index is 4.79. The lowest BCUT2D eigenvalue weighted by atomic mass is 9.87. The van der Waals surface area contributed by atoms with Gasteiger partial charge >= 0.3 is 0 Å². The summed E-state index contributed by atoms with van der Waals surface area (Å²) >= 11 is 0. The Morgan fingerprint density at radius 3 is 2.00 bits per heavy atom. The number of hydrogen-bond acceptors (Lipinski definition) is 7. The van der Waals surface area contributed by atoms with Crippen LogP contribution in [-0.2, 0) is 0 Å². The molecule has 7 nitrogen and oxygen atoms in total. The molecular formula is C24H43N7. The average molecular weight is 430 g/mol. The lowest BCUT2D eigenvalue weighted by molar-refractivity contribution is 0.277. The van der Waals surface area contributed by atoms with Gasteiger partial charge in [-0.25, -0.2) is 0 Å². The normalized spacial score (nSPS) is 28.3. The molecule has 2 aliphatic carbocycles. The lowest BCUT2D eigenvalue weighted by Gasteiger charge is -2.27. The van der Waals surface area contributed by atoms with Gasteiger partial charge in [0.1, 0.15) is 0 Å². The van der Waals surface area contributed by atoms with E-state index in [0.29, 0.717) is 24.1 Å². The van der Waals surface area contributed by atoms with Crippen LogP contribution in [0.15, 0.2) is 0 Å². The first-order valence-electron chi connectivity index (χ1n) is 13.0. The maximum Gasteiger partial charge on any atom is 0.229 e. The van der Waals surface area contributed by atoms with Gasteiger partial charge in [0.05, 0.1) is 0 Å². The van der Waals surface area contributed by atoms with Crippen molar-refractivity contribution in [3.63, 3.8) is 0 Å². The van der Waals surface area contributed by atoms with Crippen LogP contribution in [0, 0.1) is 5.92 Å². The first-order valence-corrected chi connectivity index (χ1v) is 13.0. The number of hydrogen-bond donors (Lipinski definition) is 3. The Bertz CT molecular complexity index is 666. The molecule has 0 aromatic carbocycles. The highest BCUT2D eigenvalue weighted by Crippen LogP contribution is 2.26. The molecule has 2 saturated carbocycles. The molecule has 3 N–H and O–H groups in total. The minimum absolute atomic E-state index is 0.475. The van der Waals surface area contributed by atoms with E-state index in [1.807, 2.05) is 0 Å². The molecule has 4 rings (SSSR count). The van der Waals surface area contributed by atoms with Crippen molar-refractivity contribution in [1.82, 2.24) is 19.9 Å². The Morgan fingerprint density at radius 1 is 0.742 bits per heavy atom. The number of nitrogens with one attached hydrogen (secondary N) is 3. The second kappa shape index (κ2) is 11.3. The van der Waals surface area contributed by atoms with Crippen molar-refractivity contribution in [3.8, 4) is 0 Å². The van der Waals surface area contributed by atoms with Crippen LogP contribution < -0.4 is 16.0 Å². The second-order valence-corrected chi connectivity index (χ2v) is 10.0. The fourth-order valence-corrected chi connectivity index (χ4v) is 5.53. The Labute approximate surface area is 188 Å². The Kier molecular flexibility index (Phi) is 8.22. The van der Waals surface area contributed by atoms with Gasteiger partial charge < -0.3 is 16.0 Å². The Morgan fingerprint density at radius 2 is 1.35 bits per heavy atom. The Hall–Kier alpha value is -1.63. The quantitative estimate of drug-likeness (QED) is 0.508. The summed E-state index contributed by atoms with van der Waals surface area (Å²) in [5, 5.41) is 10.8. The number of nitrogens with zero attached hydrogens (tertiary/aromatic N) is 4. The lowest BCUT2D eigenvalue weighted by Crippen LogP contribution is -2.35. The van der Waals surface area contributed by atoms with E-state index in [2.05, 4.69) is 34.7 Å². The summed E-state index contributed by atoms with van der Waals surface area (Å²) in [6.45, 7) is 7.84. The molecule has 0 bridgehead atoms. The molecule has 7 heteroatoms. The maximum absolute atomic E-state index is 4.79. The summed E-state index contributed by atoms with van der Waals surface area (Å²) in [5.41, 5.74) is 0. The molecular weight excluding hydrogens is 386 g/mol. The molecule has 1 aromatic heterocycles. The molecule has 1 unspecified atom stereocenters. The fraction of sp³-hybridized carbons (Fsp3) is 0.875.